The van der Waals surface area contributed by atoms with E-state index >= 15 is 0 Å². The maximum Gasteiger partial charge on any atom is 0.410 e. The molecule has 1 amide bonds. The third-order valence-corrected chi connectivity index (χ3v) is 1.47. The highest BCUT2D eigenvalue weighted by atomic mass is 16.6. The van der Waals surface area contributed by atoms with E-state index in [1.54, 1.807) is 20.8 Å². The summed E-state index contributed by atoms with van der Waals surface area (Å²) < 4.78 is 9.71. The number of rotatable bonds is 4. The summed E-state index contributed by atoms with van der Waals surface area (Å²) in [6, 6.07) is 0. The number of carbonyl (C=O) groups excluding carboxylic acids is 2. The summed E-state index contributed by atoms with van der Waals surface area (Å²) in [6.07, 6.45) is -1.25. The fourth-order valence-electron chi connectivity index (χ4n) is 0.841. The number of hydrogen-bond donors (Lipinski definition) is 1. The van der Waals surface area contributed by atoms with Crippen molar-refractivity contribution in [1.29, 1.82) is 0 Å². The molecule has 1 N–H and O–H groups in total. The first kappa shape index (κ1) is 13.7. The van der Waals surface area contributed by atoms with Crippen LogP contribution in [0, 0.1) is 5.92 Å². The molecule has 0 aliphatic carbocycles. The van der Waals surface area contributed by atoms with Gasteiger partial charge in [0.25, 0.3) is 6.47 Å². The summed E-state index contributed by atoms with van der Waals surface area (Å²) in [6.45, 7) is 9.24. The number of amides is 1. The smallest absolute Gasteiger partial charge is 0.410 e. The lowest BCUT2D eigenvalue weighted by Gasteiger charge is -2.24. The van der Waals surface area contributed by atoms with Crippen LogP contribution in [-0.4, -0.2) is 24.4 Å². The van der Waals surface area contributed by atoms with E-state index in [4.69, 9.17) is 9.47 Å². The van der Waals surface area contributed by atoms with Crippen LogP contribution in [0.4, 0.5) is 4.79 Å². The minimum atomic E-state index is -0.655. The van der Waals surface area contributed by atoms with Crippen LogP contribution in [0.1, 0.15) is 34.6 Å². The standard InChI is InChI=1S/C10H19NO4/c1-7(2)8(14-6-12)11-9(13)15-10(3,4)5/h6-8H,1-5H3,(H,11,13)/t8-/m1/s1. The Labute approximate surface area is 90.1 Å². The number of nitrogens with one attached hydrogen (secondary N) is 1. The molecule has 1 atom stereocenters. The number of hydrogen-bond acceptors (Lipinski definition) is 4. The molecule has 0 aromatic carbocycles. The van der Waals surface area contributed by atoms with Crippen molar-refractivity contribution in [3.05, 3.63) is 0 Å². The van der Waals surface area contributed by atoms with Crippen molar-refractivity contribution in [3.63, 3.8) is 0 Å². The Morgan fingerprint density at radius 3 is 2.20 bits per heavy atom. The van der Waals surface area contributed by atoms with Gasteiger partial charge in [-0.3, -0.25) is 10.1 Å². The Balaban J connectivity index is 4.17. The number of alkyl carbamates (subject to hydrolysis) is 1. The third kappa shape index (κ3) is 6.76. The highest BCUT2D eigenvalue weighted by molar-refractivity contribution is 5.68. The summed E-state index contributed by atoms with van der Waals surface area (Å²) in [7, 11) is 0. The average molecular weight is 217 g/mol. The van der Waals surface area contributed by atoms with Crippen LogP contribution in [-0.2, 0) is 14.3 Å². The average Bonchev–Trinajstić information content (AvgIpc) is 1.99. The molecule has 0 saturated carbocycles. The van der Waals surface area contributed by atoms with E-state index in [0.29, 0.717) is 6.47 Å². The van der Waals surface area contributed by atoms with Crippen LogP contribution in [0.2, 0.25) is 0 Å². The molecule has 0 fully saturated rings. The predicted octanol–water partition coefficient (Wildman–Crippen LogP) is 1.67. The molecular formula is C10H19NO4. The molecule has 0 unspecified atom stereocenters. The van der Waals surface area contributed by atoms with E-state index in [1.165, 1.54) is 0 Å². The van der Waals surface area contributed by atoms with E-state index in [-0.39, 0.29) is 5.92 Å². The van der Waals surface area contributed by atoms with Crippen molar-refractivity contribution >= 4 is 12.6 Å². The zero-order valence-electron chi connectivity index (χ0n) is 9.87. The lowest BCUT2D eigenvalue weighted by atomic mass is 10.2. The maximum absolute atomic E-state index is 11.3. The Morgan fingerprint density at radius 2 is 1.87 bits per heavy atom. The van der Waals surface area contributed by atoms with E-state index in [2.05, 4.69) is 5.32 Å². The second-order valence-corrected chi connectivity index (χ2v) is 4.54. The van der Waals surface area contributed by atoms with Crippen molar-refractivity contribution in [1.82, 2.24) is 5.32 Å². The lowest BCUT2D eigenvalue weighted by molar-refractivity contribution is -0.137. The highest BCUT2D eigenvalue weighted by Gasteiger charge is 2.21. The summed E-state index contributed by atoms with van der Waals surface area (Å²) in [4.78, 5) is 21.5. The van der Waals surface area contributed by atoms with Gasteiger partial charge in [-0.05, 0) is 20.8 Å². The SMILES string of the molecule is CC(C)[C@H](NC(=O)OC(C)(C)C)OC=O. The molecule has 5 heteroatoms. The van der Waals surface area contributed by atoms with Gasteiger partial charge in [-0.1, -0.05) is 13.8 Å². The minimum absolute atomic E-state index is 0.0114. The van der Waals surface area contributed by atoms with Crippen molar-refractivity contribution in [2.75, 3.05) is 0 Å². The highest BCUT2D eigenvalue weighted by Crippen LogP contribution is 2.08. The van der Waals surface area contributed by atoms with Crippen molar-refractivity contribution < 1.29 is 19.1 Å². The second kappa shape index (κ2) is 5.58. The first-order chi connectivity index (χ1) is 6.76. The van der Waals surface area contributed by atoms with E-state index in [0.717, 1.165) is 0 Å². The summed E-state index contributed by atoms with van der Waals surface area (Å²) in [5, 5.41) is 2.46. The molecule has 0 rings (SSSR count). The molecule has 0 radical (unpaired) electrons. The van der Waals surface area contributed by atoms with Crippen LogP contribution in [0.3, 0.4) is 0 Å². The summed E-state index contributed by atoms with van der Waals surface area (Å²) >= 11 is 0. The molecule has 15 heavy (non-hydrogen) atoms. The molecule has 0 spiro atoms. The zero-order valence-corrected chi connectivity index (χ0v) is 9.87. The van der Waals surface area contributed by atoms with Gasteiger partial charge < -0.3 is 9.47 Å². The Morgan fingerprint density at radius 1 is 1.33 bits per heavy atom. The molecule has 0 aliphatic rings. The molecule has 0 saturated heterocycles. The third-order valence-electron chi connectivity index (χ3n) is 1.47. The van der Waals surface area contributed by atoms with Gasteiger partial charge in [-0.15, -0.1) is 0 Å². The number of ether oxygens (including phenoxy) is 2. The Kier molecular flexibility index (Phi) is 5.11. The van der Waals surface area contributed by atoms with Gasteiger partial charge in [0.05, 0.1) is 0 Å². The first-order valence-electron chi connectivity index (χ1n) is 4.85. The Bertz CT molecular complexity index is 220. The minimum Gasteiger partial charge on any atom is -0.444 e. The van der Waals surface area contributed by atoms with E-state index < -0.39 is 17.9 Å². The van der Waals surface area contributed by atoms with Gasteiger partial charge in [0.2, 0.25) is 0 Å². The topological polar surface area (TPSA) is 64.6 Å². The molecule has 0 heterocycles. The van der Waals surface area contributed by atoms with Gasteiger partial charge in [-0.2, -0.15) is 0 Å². The predicted molar refractivity (Wildman–Crippen MR) is 55.1 cm³/mol. The fourth-order valence-corrected chi connectivity index (χ4v) is 0.841. The zero-order chi connectivity index (χ0) is 12.1. The van der Waals surface area contributed by atoms with Gasteiger partial charge in [0.15, 0.2) is 6.23 Å². The van der Waals surface area contributed by atoms with E-state index in [1.807, 2.05) is 13.8 Å². The lowest BCUT2D eigenvalue weighted by Crippen LogP contribution is -2.43. The van der Waals surface area contributed by atoms with Crippen LogP contribution in [0.25, 0.3) is 0 Å². The van der Waals surface area contributed by atoms with Crippen LogP contribution < -0.4 is 5.32 Å². The molecule has 0 aliphatic heterocycles. The second-order valence-electron chi connectivity index (χ2n) is 4.54. The van der Waals surface area contributed by atoms with Gasteiger partial charge in [0, 0.05) is 5.92 Å². The Hall–Kier alpha value is -1.26. The summed E-state index contributed by atoms with van der Waals surface area (Å²) in [5.41, 5.74) is -0.563. The number of carbonyl (C=O) groups is 2. The fraction of sp³-hybridized carbons (Fsp3) is 0.800. The van der Waals surface area contributed by atoms with Crippen molar-refractivity contribution in [2.45, 2.75) is 46.4 Å². The first-order valence-corrected chi connectivity index (χ1v) is 4.85. The normalized spacial score (nSPS) is 13.2. The van der Waals surface area contributed by atoms with E-state index in [9.17, 15) is 9.59 Å². The van der Waals surface area contributed by atoms with Gasteiger partial charge in [-0.25, -0.2) is 4.79 Å². The molecule has 5 nitrogen and oxygen atoms in total. The maximum atomic E-state index is 11.3. The molecule has 0 bridgehead atoms. The quantitative estimate of drug-likeness (QED) is 0.574. The van der Waals surface area contributed by atoms with Crippen LogP contribution in [0.15, 0.2) is 0 Å². The van der Waals surface area contributed by atoms with Crippen molar-refractivity contribution in [3.8, 4) is 0 Å². The largest absolute Gasteiger partial charge is 0.444 e. The molecule has 0 aromatic heterocycles. The van der Waals surface area contributed by atoms with Gasteiger partial charge in [0.1, 0.15) is 5.60 Å². The van der Waals surface area contributed by atoms with Crippen LogP contribution >= 0.6 is 0 Å². The molecular weight excluding hydrogens is 198 g/mol. The monoisotopic (exact) mass is 217 g/mol. The van der Waals surface area contributed by atoms with Gasteiger partial charge >= 0.3 is 6.09 Å². The molecule has 88 valence electrons. The van der Waals surface area contributed by atoms with Crippen molar-refractivity contribution in [2.24, 2.45) is 5.92 Å². The van der Waals surface area contributed by atoms with Crippen LogP contribution in [0.5, 0.6) is 0 Å². The summed E-state index contributed by atoms with van der Waals surface area (Å²) in [5.74, 6) is -0.0114. The molecule has 0 aromatic rings.